The minimum Gasteiger partial charge on any atom is -0.354 e. The lowest BCUT2D eigenvalue weighted by molar-refractivity contribution is -0.140. The Morgan fingerprint density at radius 2 is 1.50 bits per heavy atom. The highest BCUT2D eigenvalue weighted by molar-refractivity contribution is 7.92. The van der Waals surface area contributed by atoms with Crippen molar-refractivity contribution in [2.24, 2.45) is 0 Å². The number of benzene rings is 3. The van der Waals surface area contributed by atoms with E-state index in [4.69, 9.17) is 0 Å². The van der Waals surface area contributed by atoms with E-state index in [0.717, 1.165) is 34.2 Å². The molecule has 214 valence electrons. The molecule has 0 saturated carbocycles. The minimum absolute atomic E-state index is 0.101. The molecule has 2 amide bonds. The van der Waals surface area contributed by atoms with Crippen molar-refractivity contribution in [1.82, 2.24) is 10.2 Å². The van der Waals surface area contributed by atoms with Crippen molar-refractivity contribution >= 4 is 27.5 Å². The van der Waals surface area contributed by atoms with Gasteiger partial charge in [-0.05, 0) is 69.9 Å². The van der Waals surface area contributed by atoms with Crippen LogP contribution in [-0.4, -0.2) is 44.3 Å². The molecule has 8 heteroatoms. The molecule has 3 aromatic rings. The van der Waals surface area contributed by atoms with Crippen LogP contribution in [0.5, 0.6) is 0 Å². The van der Waals surface area contributed by atoms with Crippen LogP contribution in [0.4, 0.5) is 5.69 Å². The predicted octanol–water partition coefficient (Wildman–Crippen LogP) is 5.45. The summed E-state index contributed by atoms with van der Waals surface area (Å²) in [6.07, 6.45) is 1.16. The number of amides is 2. The Labute approximate surface area is 239 Å². The number of carbonyl (C=O) groups is 2. The molecule has 1 N–H and O–H groups in total. The van der Waals surface area contributed by atoms with Crippen LogP contribution in [0.1, 0.15) is 54.5 Å². The number of rotatable bonds is 12. The molecule has 0 radical (unpaired) electrons. The van der Waals surface area contributed by atoms with Gasteiger partial charge in [-0.25, -0.2) is 8.42 Å². The largest absolute Gasteiger partial charge is 0.354 e. The van der Waals surface area contributed by atoms with Crippen molar-refractivity contribution in [1.29, 1.82) is 0 Å². The zero-order chi connectivity index (χ0) is 29.4. The van der Waals surface area contributed by atoms with Crippen molar-refractivity contribution in [3.8, 4) is 0 Å². The summed E-state index contributed by atoms with van der Waals surface area (Å²) < 4.78 is 29.2. The highest BCUT2D eigenvalue weighted by Crippen LogP contribution is 2.28. The van der Waals surface area contributed by atoms with Crippen LogP contribution in [0.15, 0.2) is 71.6 Å². The van der Waals surface area contributed by atoms with E-state index in [2.05, 4.69) is 5.32 Å². The van der Waals surface area contributed by atoms with E-state index in [1.807, 2.05) is 77.9 Å². The zero-order valence-electron chi connectivity index (χ0n) is 24.4. The fourth-order valence-corrected chi connectivity index (χ4v) is 6.21. The number of nitrogens with one attached hydrogen (secondary N) is 1. The van der Waals surface area contributed by atoms with Gasteiger partial charge in [0.15, 0.2) is 0 Å². The second kappa shape index (κ2) is 13.6. The van der Waals surface area contributed by atoms with Gasteiger partial charge in [0, 0.05) is 13.1 Å². The Morgan fingerprint density at radius 1 is 0.850 bits per heavy atom. The van der Waals surface area contributed by atoms with E-state index in [9.17, 15) is 18.0 Å². The number of carbonyl (C=O) groups excluding carboxylic acids is 2. The van der Waals surface area contributed by atoms with Gasteiger partial charge in [0.2, 0.25) is 11.8 Å². The average molecular weight is 564 g/mol. The first-order valence-corrected chi connectivity index (χ1v) is 15.2. The number of anilines is 1. The Kier molecular flexibility index (Phi) is 10.5. The summed E-state index contributed by atoms with van der Waals surface area (Å²) in [5.74, 6) is -0.694. The van der Waals surface area contributed by atoms with Crippen LogP contribution in [0.3, 0.4) is 0 Å². The predicted molar refractivity (Wildman–Crippen MR) is 161 cm³/mol. The molecule has 0 heterocycles. The molecule has 0 spiro atoms. The molecule has 0 fully saturated rings. The molecule has 0 aliphatic rings. The number of nitrogens with zero attached hydrogens (tertiary/aromatic N) is 2. The van der Waals surface area contributed by atoms with Crippen LogP contribution < -0.4 is 9.62 Å². The number of hydrogen-bond acceptors (Lipinski definition) is 4. The molecule has 3 rings (SSSR count). The van der Waals surface area contributed by atoms with Crippen LogP contribution in [0.2, 0.25) is 0 Å². The molecule has 0 unspecified atom stereocenters. The van der Waals surface area contributed by atoms with Crippen molar-refractivity contribution in [2.75, 3.05) is 17.4 Å². The van der Waals surface area contributed by atoms with Gasteiger partial charge in [-0.1, -0.05) is 79.1 Å². The Morgan fingerprint density at radius 3 is 2.10 bits per heavy atom. The molecule has 3 aromatic carbocycles. The lowest BCUT2D eigenvalue weighted by Gasteiger charge is -2.33. The average Bonchev–Trinajstić information content (AvgIpc) is 2.91. The monoisotopic (exact) mass is 563 g/mol. The fraction of sp³-hybridized carbons (Fsp3) is 0.375. The molecule has 1 atom stereocenters. The van der Waals surface area contributed by atoms with Crippen molar-refractivity contribution in [3.63, 3.8) is 0 Å². The molecule has 40 heavy (non-hydrogen) atoms. The Balaban J connectivity index is 2.09. The normalized spacial score (nSPS) is 12.1. The Hall–Kier alpha value is -3.65. The lowest BCUT2D eigenvalue weighted by Crippen LogP contribution is -2.52. The smallest absolute Gasteiger partial charge is 0.264 e. The molecule has 7 nitrogen and oxygen atoms in total. The van der Waals surface area contributed by atoms with Gasteiger partial charge in [-0.3, -0.25) is 13.9 Å². The highest BCUT2D eigenvalue weighted by Gasteiger charge is 2.34. The standard InChI is InChI=1S/C32H41N3O4S/c1-7-18-33-32(37)29(8-2)34(21-27-11-9-10-24(4)20-27)31(36)22-35(30-17-14-25(5)19-26(30)6)40(38,39)28-15-12-23(3)13-16-28/h9-17,19-20,29H,7-8,18,21-22H2,1-6H3,(H,33,37)/t29-/m1/s1. The van der Waals surface area contributed by atoms with E-state index in [1.165, 1.54) is 9.21 Å². The summed E-state index contributed by atoms with van der Waals surface area (Å²) >= 11 is 0. The van der Waals surface area contributed by atoms with Gasteiger partial charge in [-0.2, -0.15) is 0 Å². The summed E-state index contributed by atoms with van der Waals surface area (Å²) in [4.78, 5) is 29.0. The molecular weight excluding hydrogens is 522 g/mol. The summed E-state index contributed by atoms with van der Waals surface area (Å²) in [7, 11) is -4.10. The molecule has 0 bridgehead atoms. The van der Waals surface area contributed by atoms with Gasteiger partial charge >= 0.3 is 0 Å². The van der Waals surface area contributed by atoms with Gasteiger partial charge in [0.05, 0.1) is 10.6 Å². The van der Waals surface area contributed by atoms with Gasteiger partial charge < -0.3 is 10.2 Å². The van der Waals surface area contributed by atoms with Crippen molar-refractivity contribution in [3.05, 3.63) is 94.5 Å². The summed E-state index contributed by atoms with van der Waals surface area (Å²) in [5.41, 5.74) is 4.99. The first-order chi connectivity index (χ1) is 19.0. The van der Waals surface area contributed by atoms with E-state index >= 15 is 0 Å². The number of hydrogen-bond donors (Lipinski definition) is 1. The van der Waals surface area contributed by atoms with Crippen LogP contribution in [-0.2, 0) is 26.2 Å². The summed E-state index contributed by atoms with van der Waals surface area (Å²) in [5, 5.41) is 2.91. The maximum absolute atomic E-state index is 14.1. The molecule has 0 aliphatic heterocycles. The topological polar surface area (TPSA) is 86.8 Å². The van der Waals surface area contributed by atoms with Crippen LogP contribution in [0.25, 0.3) is 0 Å². The SMILES string of the molecule is CCCNC(=O)[C@@H](CC)N(Cc1cccc(C)c1)C(=O)CN(c1ccc(C)cc1C)S(=O)(=O)c1ccc(C)cc1. The molecule has 0 aliphatic carbocycles. The van der Waals surface area contributed by atoms with E-state index < -0.39 is 28.5 Å². The van der Waals surface area contributed by atoms with Gasteiger partial charge in [0.25, 0.3) is 10.0 Å². The quantitative estimate of drug-likeness (QED) is 0.318. The zero-order valence-corrected chi connectivity index (χ0v) is 25.2. The van der Waals surface area contributed by atoms with Gasteiger partial charge in [-0.15, -0.1) is 0 Å². The molecule has 0 saturated heterocycles. The third-order valence-corrected chi connectivity index (χ3v) is 8.65. The fourth-order valence-electron chi connectivity index (χ4n) is 4.73. The first-order valence-electron chi connectivity index (χ1n) is 13.8. The van der Waals surface area contributed by atoms with Crippen molar-refractivity contribution in [2.45, 2.75) is 71.9 Å². The molecular formula is C32H41N3O4S. The highest BCUT2D eigenvalue weighted by atomic mass is 32.2. The number of aryl methyl sites for hydroxylation is 4. The third-order valence-electron chi connectivity index (χ3n) is 6.88. The third kappa shape index (κ3) is 7.50. The minimum atomic E-state index is -4.10. The van der Waals surface area contributed by atoms with Crippen LogP contribution >= 0.6 is 0 Å². The lowest BCUT2D eigenvalue weighted by atomic mass is 10.1. The first kappa shape index (κ1) is 30.9. The van der Waals surface area contributed by atoms with E-state index in [0.29, 0.717) is 18.7 Å². The van der Waals surface area contributed by atoms with Crippen molar-refractivity contribution < 1.29 is 18.0 Å². The Bertz CT molecular complexity index is 1430. The number of sulfonamides is 1. The second-order valence-corrected chi connectivity index (χ2v) is 12.2. The summed E-state index contributed by atoms with van der Waals surface area (Å²) in [6, 6.07) is 19.1. The van der Waals surface area contributed by atoms with Gasteiger partial charge in [0.1, 0.15) is 12.6 Å². The second-order valence-electron chi connectivity index (χ2n) is 10.3. The summed E-state index contributed by atoms with van der Waals surface area (Å²) in [6.45, 7) is 11.7. The maximum atomic E-state index is 14.1. The van der Waals surface area contributed by atoms with E-state index in [1.54, 1.807) is 30.3 Å². The molecule has 0 aromatic heterocycles. The van der Waals surface area contributed by atoms with Crippen LogP contribution in [0, 0.1) is 27.7 Å². The maximum Gasteiger partial charge on any atom is 0.264 e. The van der Waals surface area contributed by atoms with E-state index in [-0.39, 0.29) is 17.3 Å².